The molecule has 1 N–H and O–H groups in total. The summed E-state index contributed by atoms with van der Waals surface area (Å²) in [4.78, 5) is 10.9. The van der Waals surface area contributed by atoms with E-state index in [1.807, 2.05) is 0 Å². The lowest BCUT2D eigenvalue weighted by Gasteiger charge is -2.12. The van der Waals surface area contributed by atoms with Crippen LogP contribution in [0.1, 0.15) is 15.9 Å². The molecule has 1 aromatic heterocycles. The van der Waals surface area contributed by atoms with Crippen LogP contribution in [0.25, 0.3) is 11.3 Å². The third-order valence-electron chi connectivity index (χ3n) is 2.61. The van der Waals surface area contributed by atoms with Gasteiger partial charge in [-0.2, -0.15) is 13.2 Å². The Balaban J connectivity index is 2.68. The highest BCUT2D eigenvalue weighted by Crippen LogP contribution is 2.36. The molecule has 0 spiro atoms. The smallest absolute Gasteiger partial charge is 0.417 e. The van der Waals surface area contributed by atoms with Crippen LogP contribution in [-0.2, 0) is 13.2 Å². The van der Waals surface area contributed by atoms with Crippen molar-refractivity contribution >= 4 is 21.9 Å². The van der Waals surface area contributed by atoms with Crippen molar-refractivity contribution in [3.05, 3.63) is 33.9 Å². The van der Waals surface area contributed by atoms with Gasteiger partial charge in [0.1, 0.15) is 5.69 Å². The third kappa shape index (κ3) is 2.53. The summed E-state index contributed by atoms with van der Waals surface area (Å²) in [5.41, 5.74) is -1.52. The van der Waals surface area contributed by atoms with Crippen LogP contribution in [0.4, 0.5) is 13.2 Å². The van der Waals surface area contributed by atoms with E-state index in [1.54, 1.807) is 0 Å². The number of rotatable bonds is 2. The van der Waals surface area contributed by atoms with E-state index in [0.717, 1.165) is 12.1 Å². The highest BCUT2D eigenvalue weighted by atomic mass is 79.9. The maximum atomic E-state index is 12.9. The minimum Gasteiger partial charge on any atom is -0.478 e. The van der Waals surface area contributed by atoms with Crippen LogP contribution in [0, 0.1) is 0 Å². The number of aromatic carboxylic acids is 1. The molecule has 0 aliphatic heterocycles. The molecular weight excluding hydrogens is 343 g/mol. The standard InChI is InChI=1S/C11H7BrF3N3O2/c1-18-8(9(12)16-17-18)5-2-3-6(10(19)20)7(4-5)11(13,14)15/h2-4H,1H3,(H,19,20). The van der Waals surface area contributed by atoms with Gasteiger partial charge in [-0.1, -0.05) is 11.3 Å². The van der Waals surface area contributed by atoms with Gasteiger partial charge in [-0.25, -0.2) is 9.48 Å². The number of carbonyl (C=O) groups is 1. The molecule has 106 valence electrons. The Hall–Kier alpha value is -1.90. The van der Waals surface area contributed by atoms with Gasteiger partial charge in [-0.05, 0) is 28.1 Å². The van der Waals surface area contributed by atoms with Gasteiger partial charge < -0.3 is 5.11 Å². The Labute approximate surface area is 119 Å². The minimum absolute atomic E-state index is 0.168. The molecule has 0 saturated carbocycles. The summed E-state index contributed by atoms with van der Waals surface area (Å²) in [6, 6.07) is 2.97. The first kappa shape index (κ1) is 14.5. The normalized spacial score (nSPS) is 11.7. The minimum atomic E-state index is -4.76. The fourth-order valence-corrected chi connectivity index (χ4v) is 2.31. The van der Waals surface area contributed by atoms with Crippen LogP contribution in [0.3, 0.4) is 0 Å². The summed E-state index contributed by atoms with van der Waals surface area (Å²) in [7, 11) is 1.52. The van der Waals surface area contributed by atoms with E-state index in [2.05, 4.69) is 26.2 Å². The highest BCUT2D eigenvalue weighted by molar-refractivity contribution is 9.10. The van der Waals surface area contributed by atoms with E-state index in [4.69, 9.17) is 5.11 Å². The molecular formula is C11H7BrF3N3O2. The second-order valence-corrected chi connectivity index (χ2v) is 4.67. The van der Waals surface area contributed by atoms with Crippen molar-refractivity contribution in [2.75, 3.05) is 0 Å². The molecule has 9 heteroatoms. The van der Waals surface area contributed by atoms with Gasteiger partial charge in [0.05, 0.1) is 11.1 Å². The zero-order valence-corrected chi connectivity index (χ0v) is 11.5. The zero-order valence-electron chi connectivity index (χ0n) is 9.94. The van der Waals surface area contributed by atoms with Crippen LogP contribution >= 0.6 is 15.9 Å². The van der Waals surface area contributed by atoms with Gasteiger partial charge in [-0.15, -0.1) is 5.10 Å². The summed E-state index contributed by atoms with van der Waals surface area (Å²) in [5.74, 6) is -1.63. The number of aromatic nitrogens is 3. The highest BCUT2D eigenvalue weighted by Gasteiger charge is 2.36. The quantitative estimate of drug-likeness (QED) is 0.904. The molecule has 1 heterocycles. The first-order valence-corrected chi connectivity index (χ1v) is 6.01. The Bertz CT molecular complexity index is 663. The number of benzene rings is 1. The first-order valence-electron chi connectivity index (χ1n) is 5.22. The molecule has 0 unspecified atom stereocenters. The number of carboxylic acids is 1. The van der Waals surface area contributed by atoms with Gasteiger partial charge in [0.25, 0.3) is 0 Å². The van der Waals surface area contributed by atoms with Crippen molar-refractivity contribution in [3.63, 3.8) is 0 Å². The third-order valence-corrected chi connectivity index (χ3v) is 3.15. The summed E-state index contributed by atoms with van der Waals surface area (Å²) < 4.78 is 40.3. The molecule has 0 amide bonds. The van der Waals surface area contributed by atoms with Crippen LogP contribution in [-0.4, -0.2) is 26.1 Å². The van der Waals surface area contributed by atoms with Crippen molar-refractivity contribution in [2.24, 2.45) is 7.05 Å². The van der Waals surface area contributed by atoms with Crippen molar-refractivity contribution in [1.82, 2.24) is 15.0 Å². The van der Waals surface area contributed by atoms with Crippen molar-refractivity contribution in [2.45, 2.75) is 6.18 Å². The van der Waals surface area contributed by atoms with E-state index in [0.29, 0.717) is 5.69 Å². The van der Waals surface area contributed by atoms with Crippen LogP contribution in [0.5, 0.6) is 0 Å². The van der Waals surface area contributed by atoms with E-state index in [1.165, 1.54) is 17.8 Å². The number of carboxylic acid groups (broad SMARTS) is 1. The summed E-state index contributed by atoms with van der Waals surface area (Å²) >= 11 is 3.08. The molecule has 0 saturated heterocycles. The second-order valence-electron chi connectivity index (χ2n) is 3.92. The lowest BCUT2D eigenvalue weighted by atomic mass is 10.0. The van der Waals surface area contributed by atoms with Gasteiger partial charge in [0.15, 0.2) is 4.60 Å². The molecule has 0 fully saturated rings. The molecule has 1 aromatic carbocycles. The molecule has 20 heavy (non-hydrogen) atoms. The van der Waals surface area contributed by atoms with E-state index < -0.39 is 23.3 Å². The Morgan fingerprint density at radius 1 is 1.40 bits per heavy atom. The Morgan fingerprint density at radius 3 is 2.50 bits per heavy atom. The Kier molecular flexibility index (Phi) is 3.55. The molecule has 0 aliphatic rings. The van der Waals surface area contributed by atoms with E-state index >= 15 is 0 Å². The van der Waals surface area contributed by atoms with Gasteiger partial charge in [-0.3, -0.25) is 0 Å². The fourth-order valence-electron chi connectivity index (χ4n) is 1.75. The number of aryl methyl sites for hydroxylation is 1. The number of hydrogen-bond donors (Lipinski definition) is 1. The van der Waals surface area contributed by atoms with Crippen molar-refractivity contribution in [1.29, 1.82) is 0 Å². The first-order chi connectivity index (χ1) is 9.21. The van der Waals surface area contributed by atoms with Crippen LogP contribution in [0.2, 0.25) is 0 Å². The number of halogens is 4. The number of alkyl halides is 3. The molecule has 5 nitrogen and oxygen atoms in total. The zero-order chi connectivity index (χ0) is 15.1. The molecule has 2 rings (SSSR count). The lowest BCUT2D eigenvalue weighted by Crippen LogP contribution is -2.13. The maximum Gasteiger partial charge on any atom is 0.417 e. The predicted molar refractivity (Wildman–Crippen MR) is 66.1 cm³/mol. The van der Waals surface area contributed by atoms with Crippen LogP contribution < -0.4 is 0 Å². The largest absolute Gasteiger partial charge is 0.478 e. The van der Waals surface area contributed by atoms with E-state index in [9.17, 15) is 18.0 Å². The van der Waals surface area contributed by atoms with Gasteiger partial charge in [0, 0.05) is 12.6 Å². The lowest BCUT2D eigenvalue weighted by molar-refractivity contribution is -0.138. The summed E-state index contributed by atoms with van der Waals surface area (Å²) in [6.45, 7) is 0. The number of hydrogen-bond acceptors (Lipinski definition) is 3. The van der Waals surface area contributed by atoms with Crippen molar-refractivity contribution < 1.29 is 23.1 Å². The summed E-state index contributed by atoms with van der Waals surface area (Å²) in [5, 5.41) is 16.2. The van der Waals surface area contributed by atoms with E-state index in [-0.39, 0.29) is 10.2 Å². The number of nitrogens with zero attached hydrogens (tertiary/aromatic N) is 3. The molecule has 0 radical (unpaired) electrons. The second kappa shape index (κ2) is 4.89. The van der Waals surface area contributed by atoms with Gasteiger partial charge >= 0.3 is 12.1 Å². The summed E-state index contributed by atoms with van der Waals surface area (Å²) in [6.07, 6.45) is -4.76. The Morgan fingerprint density at radius 2 is 2.05 bits per heavy atom. The molecule has 0 bridgehead atoms. The maximum absolute atomic E-state index is 12.9. The molecule has 2 aromatic rings. The fraction of sp³-hybridized carbons (Fsp3) is 0.182. The van der Waals surface area contributed by atoms with Gasteiger partial charge in [0.2, 0.25) is 0 Å². The monoisotopic (exact) mass is 349 g/mol. The van der Waals surface area contributed by atoms with Crippen LogP contribution in [0.15, 0.2) is 22.8 Å². The average Bonchev–Trinajstić information content (AvgIpc) is 2.67. The SMILES string of the molecule is Cn1nnc(Br)c1-c1ccc(C(=O)O)c(C(F)(F)F)c1. The van der Waals surface area contributed by atoms with Crippen molar-refractivity contribution in [3.8, 4) is 11.3 Å². The molecule has 0 atom stereocenters. The topological polar surface area (TPSA) is 68.0 Å². The average molecular weight is 350 g/mol. The molecule has 0 aliphatic carbocycles. The predicted octanol–water partition coefficient (Wildman–Crippen LogP) is 2.96.